The zero-order valence-corrected chi connectivity index (χ0v) is 15.3. The molecule has 0 fully saturated rings. The molecule has 2 aromatic rings. The normalized spacial score (nSPS) is 18.6. The number of benzene rings is 1. The molecule has 21 heavy (non-hydrogen) atoms. The Morgan fingerprint density at radius 1 is 1.38 bits per heavy atom. The molecule has 0 radical (unpaired) electrons. The van der Waals surface area contributed by atoms with Crippen LogP contribution in [0.4, 0.5) is 0 Å². The van der Waals surface area contributed by atoms with Crippen molar-refractivity contribution in [2.75, 3.05) is 0 Å². The van der Waals surface area contributed by atoms with E-state index in [9.17, 15) is 4.21 Å². The molecule has 0 aliphatic carbocycles. The van der Waals surface area contributed by atoms with Crippen molar-refractivity contribution in [3.05, 3.63) is 26.8 Å². The Balaban J connectivity index is 1.88. The van der Waals surface area contributed by atoms with E-state index >= 15 is 0 Å². The topological polar surface area (TPSA) is 64.7 Å². The maximum atomic E-state index is 12.4. The zero-order valence-electron chi connectivity index (χ0n) is 11.4. The van der Waals surface area contributed by atoms with Crippen molar-refractivity contribution in [3.63, 3.8) is 0 Å². The number of rotatable bonds is 2. The number of hydrogen-bond donors (Lipinski definition) is 0. The van der Waals surface area contributed by atoms with Crippen molar-refractivity contribution in [1.82, 2.24) is 5.16 Å². The van der Waals surface area contributed by atoms with Gasteiger partial charge in [-0.1, -0.05) is 26.2 Å². The maximum Gasteiger partial charge on any atom is 0.181 e. The van der Waals surface area contributed by atoms with Gasteiger partial charge in [0.15, 0.2) is 5.58 Å². The molecule has 112 valence electrons. The molecular weight excluding hydrogens is 424 g/mol. The molecule has 0 N–H and O–H groups in total. The molecule has 0 spiro atoms. The lowest BCUT2D eigenvalue weighted by atomic mass is 10.1. The fourth-order valence-corrected chi connectivity index (χ4v) is 4.60. The van der Waals surface area contributed by atoms with E-state index in [1.54, 1.807) is 0 Å². The van der Waals surface area contributed by atoms with E-state index in [0.29, 0.717) is 22.7 Å². The lowest BCUT2D eigenvalue weighted by molar-refractivity contribution is 0.0123. The molecule has 3 rings (SSSR count). The summed E-state index contributed by atoms with van der Waals surface area (Å²) in [7, 11) is -1.27. The van der Waals surface area contributed by atoms with Crippen LogP contribution < -0.4 is 0 Å². The summed E-state index contributed by atoms with van der Waals surface area (Å²) in [5.74, 6) is 0.258. The first-order valence-electron chi connectivity index (χ1n) is 6.22. The number of fused-ring (bicyclic) bond motifs is 1. The van der Waals surface area contributed by atoms with Crippen LogP contribution in [0.5, 0.6) is 0 Å². The first-order valence-corrected chi connectivity index (χ1v) is 9.13. The summed E-state index contributed by atoms with van der Waals surface area (Å²) in [5.41, 5.74) is 0.913. The van der Waals surface area contributed by atoms with Crippen LogP contribution in [0.3, 0.4) is 0 Å². The highest BCUT2D eigenvalue weighted by molar-refractivity contribution is 9.11. The lowest BCUT2D eigenvalue weighted by Crippen LogP contribution is -2.20. The summed E-state index contributed by atoms with van der Waals surface area (Å²) in [6.45, 7) is 3.83. The van der Waals surface area contributed by atoms with Crippen molar-refractivity contribution in [1.29, 1.82) is 0 Å². The van der Waals surface area contributed by atoms with Gasteiger partial charge in [-0.3, -0.25) is 4.21 Å². The molecule has 1 atom stereocenters. The van der Waals surface area contributed by atoms with E-state index < -0.39 is 10.8 Å². The van der Waals surface area contributed by atoms with E-state index in [-0.39, 0.29) is 11.4 Å². The van der Waals surface area contributed by atoms with Gasteiger partial charge in [0.25, 0.3) is 0 Å². The Morgan fingerprint density at radius 2 is 2.14 bits per heavy atom. The minimum atomic E-state index is -1.27. The van der Waals surface area contributed by atoms with Gasteiger partial charge in [-0.2, -0.15) is 0 Å². The number of oxime groups is 1. The molecule has 1 unspecified atom stereocenters. The fraction of sp³-hybridized carbons (Fsp3) is 0.385. The summed E-state index contributed by atoms with van der Waals surface area (Å²) < 4.78 is 19.4. The van der Waals surface area contributed by atoms with E-state index in [1.807, 2.05) is 26.0 Å². The fourth-order valence-electron chi connectivity index (χ4n) is 2.05. The molecule has 8 heteroatoms. The molecule has 0 bridgehead atoms. The van der Waals surface area contributed by atoms with E-state index in [2.05, 4.69) is 42.2 Å². The third kappa shape index (κ3) is 3.07. The summed E-state index contributed by atoms with van der Waals surface area (Å²) in [5, 5.41) is 9.35. The highest BCUT2D eigenvalue weighted by Gasteiger charge is 2.32. The van der Waals surface area contributed by atoms with Crippen LogP contribution in [0.15, 0.2) is 30.8 Å². The molecular formula is C13H12Br2N2O3S. The second-order valence-corrected chi connectivity index (χ2v) is 8.62. The van der Waals surface area contributed by atoms with Gasteiger partial charge in [0.2, 0.25) is 0 Å². The number of halogens is 2. The molecule has 2 heterocycles. The first kappa shape index (κ1) is 15.2. The molecule has 1 aliphatic rings. The highest BCUT2D eigenvalue weighted by atomic mass is 79.9. The molecule has 0 saturated carbocycles. The summed E-state index contributed by atoms with van der Waals surface area (Å²) >= 11 is 6.86. The van der Waals surface area contributed by atoms with Crippen LogP contribution in [0, 0.1) is 0 Å². The number of hydrogen-bond acceptors (Lipinski definition) is 5. The second kappa shape index (κ2) is 5.48. The average molecular weight is 436 g/mol. The third-order valence-electron chi connectivity index (χ3n) is 3.07. The Bertz CT molecular complexity index is 770. The van der Waals surface area contributed by atoms with Gasteiger partial charge in [-0.15, -0.1) is 0 Å². The molecule has 0 amide bonds. The predicted molar refractivity (Wildman–Crippen MR) is 88.5 cm³/mol. The Kier molecular flexibility index (Phi) is 3.96. The molecule has 1 aromatic carbocycles. The maximum absolute atomic E-state index is 12.4. The lowest BCUT2D eigenvalue weighted by Gasteiger charge is -2.12. The van der Waals surface area contributed by atoms with Crippen molar-refractivity contribution >= 4 is 58.7 Å². The van der Waals surface area contributed by atoms with Gasteiger partial charge < -0.3 is 9.36 Å². The van der Waals surface area contributed by atoms with Crippen LogP contribution >= 0.6 is 31.9 Å². The smallest absolute Gasteiger partial charge is 0.181 e. The predicted octanol–water partition coefficient (Wildman–Crippen LogP) is 4.11. The monoisotopic (exact) mass is 434 g/mol. The molecule has 1 aliphatic heterocycles. The standard InChI is InChI=1S/C13H12Br2N2O3S/c1-13(2)5-11(17-20-13)21(18)6-10-8-3-7(14)4-9(15)12(8)19-16-10/h3-4H,5-6H2,1-2H3. The van der Waals surface area contributed by atoms with E-state index in [4.69, 9.17) is 9.36 Å². The molecule has 1 aromatic heterocycles. The van der Waals surface area contributed by atoms with Crippen LogP contribution in [0.1, 0.15) is 26.0 Å². The van der Waals surface area contributed by atoms with Crippen LogP contribution in [-0.4, -0.2) is 20.0 Å². The van der Waals surface area contributed by atoms with Gasteiger partial charge in [-0.25, -0.2) is 0 Å². The number of nitrogens with zero attached hydrogens (tertiary/aromatic N) is 2. The minimum Gasteiger partial charge on any atom is -0.389 e. The van der Waals surface area contributed by atoms with Gasteiger partial charge in [-0.05, 0) is 41.9 Å². The quantitative estimate of drug-likeness (QED) is 0.711. The van der Waals surface area contributed by atoms with Gasteiger partial charge in [0, 0.05) is 16.3 Å². The summed E-state index contributed by atoms with van der Waals surface area (Å²) in [4.78, 5) is 5.26. The summed E-state index contributed by atoms with van der Waals surface area (Å²) in [6.07, 6.45) is 0.558. The first-order chi connectivity index (χ1) is 9.85. The van der Waals surface area contributed by atoms with E-state index in [1.165, 1.54) is 0 Å². The van der Waals surface area contributed by atoms with Crippen LogP contribution in [-0.2, 0) is 21.4 Å². The third-order valence-corrected chi connectivity index (χ3v) is 5.40. The van der Waals surface area contributed by atoms with Crippen molar-refractivity contribution in [2.24, 2.45) is 5.16 Å². The minimum absolute atomic E-state index is 0.258. The Hall–Kier alpha value is -0.730. The second-order valence-electron chi connectivity index (χ2n) is 5.40. The molecule has 0 saturated heterocycles. The highest BCUT2D eigenvalue weighted by Crippen LogP contribution is 2.32. The Morgan fingerprint density at radius 3 is 2.81 bits per heavy atom. The average Bonchev–Trinajstić information content (AvgIpc) is 2.94. The van der Waals surface area contributed by atoms with E-state index in [0.717, 1.165) is 14.3 Å². The van der Waals surface area contributed by atoms with Gasteiger partial charge in [0.1, 0.15) is 16.3 Å². The largest absolute Gasteiger partial charge is 0.389 e. The number of aromatic nitrogens is 1. The van der Waals surface area contributed by atoms with Gasteiger partial charge in [0.05, 0.1) is 21.0 Å². The van der Waals surface area contributed by atoms with Crippen molar-refractivity contribution in [2.45, 2.75) is 31.6 Å². The van der Waals surface area contributed by atoms with Gasteiger partial charge >= 0.3 is 0 Å². The summed E-state index contributed by atoms with van der Waals surface area (Å²) in [6, 6.07) is 3.78. The Labute approximate surface area is 140 Å². The van der Waals surface area contributed by atoms with Crippen molar-refractivity contribution in [3.8, 4) is 0 Å². The van der Waals surface area contributed by atoms with Crippen LogP contribution in [0.25, 0.3) is 11.0 Å². The molecule has 5 nitrogen and oxygen atoms in total. The van der Waals surface area contributed by atoms with Crippen LogP contribution in [0.2, 0.25) is 0 Å². The van der Waals surface area contributed by atoms with Crippen molar-refractivity contribution < 1.29 is 13.6 Å². The zero-order chi connectivity index (χ0) is 15.2. The SMILES string of the molecule is CC1(C)CC(S(=O)Cc2noc3c(Br)cc(Br)cc23)=NO1.